The second-order valence-electron chi connectivity index (χ2n) is 6.16. The number of anilines is 1. The monoisotopic (exact) mass is 331 g/mol. The number of aliphatic imine (C=N–C) groups is 1. The number of unbranched alkanes of at least 4 members (excludes halogenated alkanes) is 1. The number of rotatable bonds is 8. The first kappa shape index (κ1) is 18.6. The van der Waals surface area contributed by atoms with Crippen molar-refractivity contribution in [3.8, 4) is 0 Å². The Morgan fingerprint density at radius 2 is 1.62 bits per heavy atom. The Balaban J connectivity index is 1.60. The van der Waals surface area contributed by atoms with Crippen molar-refractivity contribution in [2.75, 3.05) is 57.3 Å². The maximum atomic E-state index is 4.61. The average Bonchev–Trinajstić information content (AvgIpc) is 2.63. The summed E-state index contributed by atoms with van der Waals surface area (Å²) in [5.41, 5.74) is 1.35. The van der Waals surface area contributed by atoms with E-state index >= 15 is 0 Å². The van der Waals surface area contributed by atoms with Crippen LogP contribution in [-0.2, 0) is 0 Å². The summed E-state index contributed by atoms with van der Waals surface area (Å²) < 4.78 is 0. The van der Waals surface area contributed by atoms with Gasteiger partial charge in [0.15, 0.2) is 5.96 Å². The molecule has 1 heterocycles. The van der Waals surface area contributed by atoms with Gasteiger partial charge in [0.25, 0.3) is 0 Å². The predicted octanol–water partition coefficient (Wildman–Crippen LogP) is 2.16. The Kier molecular flexibility index (Phi) is 8.46. The lowest BCUT2D eigenvalue weighted by Gasteiger charge is -2.36. The number of hydrogen-bond donors (Lipinski definition) is 2. The molecule has 0 spiro atoms. The standard InChI is InChI=1S/C19H33N5/c1-3-20-19(21-4-2)22-12-8-9-13-23-14-16-24(17-15-23)18-10-6-5-7-11-18/h5-7,10-11H,3-4,8-9,12-17H2,1-2H3,(H2,20,21,22). The summed E-state index contributed by atoms with van der Waals surface area (Å²) in [6.07, 6.45) is 2.37. The Morgan fingerprint density at radius 1 is 0.958 bits per heavy atom. The van der Waals surface area contributed by atoms with Crippen LogP contribution in [0.3, 0.4) is 0 Å². The van der Waals surface area contributed by atoms with Gasteiger partial charge in [-0.15, -0.1) is 0 Å². The number of benzene rings is 1. The van der Waals surface area contributed by atoms with E-state index in [0.29, 0.717) is 0 Å². The highest BCUT2D eigenvalue weighted by Gasteiger charge is 2.16. The first-order chi connectivity index (χ1) is 11.8. The zero-order valence-electron chi connectivity index (χ0n) is 15.3. The summed E-state index contributed by atoms with van der Waals surface area (Å²) in [5, 5.41) is 6.53. The first-order valence-electron chi connectivity index (χ1n) is 9.38. The summed E-state index contributed by atoms with van der Waals surface area (Å²) in [7, 11) is 0. The maximum Gasteiger partial charge on any atom is 0.191 e. The zero-order chi connectivity index (χ0) is 17.0. The van der Waals surface area contributed by atoms with E-state index in [1.165, 1.54) is 18.7 Å². The van der Waals surface area contributed by atoms with Crippen LogP contribution in [0.2, 0.25) is 0 Å². The van der Waals surface area contributed by atoms with E-state index in [-0.39, 0.29) is 0 Å². The van der Waals surface area contributed by atoms with E-state index in [1.54, 1.807) is 0 Å². The van der Waals surface area contributed by atoms with Crippen LogP contribution in [0.4, 0.5) is 5.69 Å². The number of hydrogen-bond acceptors (Lipinski definition) is 3. The minimum Gasteiger partial charge on any atom is -0.369 e. The Labute approximate surface area is 147 Å². The number of nitrogens with zero attached hydrogens (tertiary/aromatic N) is 3. The van der Waals surface area contributed by atoms with Gasteiger partial charge in [-0.25, -0.2) is 0 Å². The van der Waals surface area contributed by atoms with E-state index in [1.807, 2.05) is 0 Å². The molecule has 2 rings (SSSR count). The van der Waals surface area contributed by atoms with Gasteiger partial charge in [-0.05, 0) is 45.4 Å². The van der Waals surface area contributed by atoms with E-state index in [9.17, 15) is 0 Å². The second kappa shape index (κ2) is 10.9. The molecule has 1 fully saturated rings. The molecule has 1 aliphatic rings. The normalized spacial score (nSPS) is 15.2. The lowest BCUT2D eigenvalue weighted by Crippen LogP contribution is -2.46. The number of nitrogens with one attached hydrogen (secondary N) is 2. The maximum absolute atomic E-state index is 4.61. The Morgan fingerprint density at radius 3 is 2.25 bits per heavy atom. The molecule has 134 valence electrons. The van der Waals surface area contributed by atoms with Crippen molar-refractivity contribution in [3.63, 3.8) is 0 Å². The molecular weight excluding hydrogens is 298 g/mol. The second-order valence-corrected chi connectivity index (χ2v) is 6.16. The van der Waals surface area contributed by atoms with Crippen LogP contribution in [0, 0.1) is 0 Å². The molecule has 0 atom stereocenters. The third-order valence-electron chi connectivity index (χ3n) is 4.33. The van der Waals surface area contributed by atoms with E-state index in [2.05, 4.69) is 69.6 Å². The van der Waals surface area contributed by atoms with Gasteiger partial charge >= 0.3 is 0 Å². The van der Waals surface area contributed by atoms with E-state index in [0.717, 1.165) is 58.2 Å². The highest BCUT2D eigenvalue weighted by molar-refractivity contribution is 5.79. The molecule has 0 saturated carbocycles. The molecule has 1 saturated heterocycles. The molecule has 0 aromatic heterocycles. The van der Waals surface area contributed by atoms with Crippen LogP contribution in [0.1, 0.15) is 26.7 Å². The van der Waals surface area contributed by atoms with E-state index < -0.39 is 0 Å². The van der Waals surface area contributed by atoms with Gasteiger partial charge in [-0.2, -0.15) is 0 Å². The van der Waals surface area contributed by atoms with Crippen molar-refractivity contribution in [2.45, 2.75) is 26.7 Å². The van der Waals surface area contributed by atoms with Crippen LogP contribution >= 0.6 is 0 Å². The Hall–Kier alpha value is -1.75. The summed E-state index contributed by atoms with van der Waals surface area (Å²) in [5.74, 6) is 0.941. The molecule has 2 N–H and O–H groups in total. The fourth-order valence-electron chi connectivity index (χ4n) is 3.02. The van der Waals surface area contributed by atoms with Crippen molar-refractivity contribution in [2.24, 2.45) is 4.99 Å². The molecule has 5 nitrogen and oxygen atoms in total. The molecule has 1 aromatic rings. The van der Waals surface area contributed by atoms with Crippen molar-refractivity contribution >= 4 is 11.6 Å². The topological polar surface area (TPSA) is 42.9 Å². The summed E-state index contributed by atoms with van der Waals surface area (Å²) >= 11 is 0. The highest BCUT2D eigenvalue weighted by atomic mass is 15.3. The van der Waals surface area contributed by atoms with Gasteiger partial charge in [-0.3, -0.25) is 9.89 Å². The quantitative estimate of drug-likeness (QED) is 0.435. The van der Waals surface area contributed by atoms with Crippen LogP contribution in [0.5, 0.6) is 0 Å². The molecule has 0 aliphatic carbocycles. The highest BCUT2D eigenvalue weighted by Crippen LogP contribution is 2.15. The molecule has 0 bridgehead atoms. The van der Waals surface area contributed by atoms with Gasteiger partial charge < -0.3 is 15.5 Å². The van der Waals surface area contributed by atoms with Gasteiger partial charge in [-0.1, -0.05) is 18.2 Å². The lowest BCUT2D eigenvalue weighted by atomic mass is 10.2. The summed E-state index contributed by atoms with van der Waals surface area (Å²) in [4.78, 5) is 9.67. The third-order valence-corrected chi connectivity index (χ3v) is 4.33. The zero-order valence-corrected chi connectivity index (χ0v) is 15.3. The molecule has 24 heavy (non-hydrogen) atoms. The Bertz CT molecular complexity index is 458. The molecule has 0 amide bonds. The van der Waals surface area contributed by atoms with Crippen LogP contribution in [0.15, 0.2) is 35.3 Å². The van der Waals surface area contributed by atoms with Crippen molar-refractivity contribution in [1.29, 1.82) is 0 Å². The number of piperazine rings is 1. The fourth-order valence-corrected chi connectivity index (χ4v) is 3.02. The van der Waals surface area contributed by atoms with Gasteiger partial charge in [0.05, 0.1) is 0 Å². The molecule has 1 aromatic carbocycles. The fraction of sp³-hybridized carbons (Fsp3) is 0.632. The van der Waals surface area contributed by atoms with Gasteiger partial charge in [0, 0.05) is 51.5 Å². The third kappa shape index (κ3) is 6.40. The van der Waals surface area contributed by atoms with Crippen LogP contribution in [-0.4, -0.2) is 63.2 Å². The molecule has 1 aliphatic heterocycles. The molecular formula is C19H33N5. The van der Waals surface area contributed by atoms with E-state index in [4.69, 9.17) is 0 Å². The minimum absolute atomic E-state index is 0.902. The average molecular weight is 332 g/mol. The van der Waals surface area contributed by atoms with Crippen LogP contribution < -0.4 is 15.5 Å². The molecule has 0 unspecified atom stereocenters. The lowest BCUT2D eigenvalue weighted by molar-refractivity contribution is 0.253. The van der Waals surface area contributed by atoms with Crippen molar-refractivity contribution in [1.82, 2.24) is 15.5 Å². The minimum atomic E-state index is 0.902. The molecule has 0 radical (unpaired) electrons. The smallest absolute Gasteiger partial charge is 0.191 e. The van der Waals surface area contributed by atoms with Crippen LogP contribution in [0.25, 0.3) is 0 Å². The van der Waals surface area contributed by atoms with Gasteiger partial charge in [0.1, 0.15) is 0 Å². The number of guanidine groups is 1. The largest absolute Gasteiger partial charge is 0.369 e. The van der Waals surface area contributed by atoms with Crippen molar-refractivity contribution < 1.29 is 0 Å². The van der Waals surface area contributed by atoms with Crippen molar-refractivity contribution in [3.05, 3.63) is 30.3 Å². The molecule has 5 heteroatoms. The predicted molar refractivity (Wildman–Crippen MR) is 104 cm³/mol. The number of para-hydroxylation sites is 1. The van der Waals surface area contributed by atoms with Gasteiger partial charge in [0.2, 0.25) is 0 Å². The first-order valence-corrected chi connectivity index (χ1v) is 9.38. The summed E-state index contributed by atoms with van der Waals surface area (Å²) in [6, 6.07) is 10.7. The summed E-state index contributed by atoms with van der Waals surface area (Å²) in [6.45, 7) is 12.7. The SMILES string of the molecule is CCNC(=NCCCCN1CCN(c2ccccc2)CC1)NCC.